The Morgan fingerprint density at radius 3 is 2.54 bits per heavy atom. The van der Waals surface area contributed by atoms with Gasteiger partial charge in [-0.15, -0.1) is 0 Å². The van der Waals surface area contributed by atoms with Crippen molar-refractivity contribution < 1.29 is 8.83 Å². The highest BCUT2D eigenvalue weighted by molar-refractivity contribution is 5.84. The van der Waals surface area contributed by atoms with E-state index in [1.165, 1.54) is 27.5 Å². The summed E-state index contributed by atoms with van der Waals surface area (Å²) in [5.74, 6) is 0.289. The molecule has 120 valence electrons. The van der Waals surface area contributed by atoms with Crippen LogP contribution in [-0.2, 0) is 6.42 Å². The highest BCUT2D eigenvalue weighted by Crippen LogP contribution is 2.38. The van der Waals surface area contributed by atoms with Gasteiger partial charge in [0.25, 0.3) is 0 Å². The van der Waals surface area contributed by atoms with Crippen LogP contribution in [0.5, 0.6) is 0 Å². The minimum absolute atomic E-state index is 0.289. The maximum atomic E-state index is 5.82. The molecule has 4 aromatic rings. The van der Waals surface area contributed by atoms with Crippen LogP contribution in [0.15, 0.2) is 63.8 Å². The standard InChI is InChI=1S/C21H19NO2/c1-22-10-7-18-16(6-5-15-9-12-24-21(15)18)19(13-22)17-4-2-3-14-8-11-23-20(14)17/h2-6,8-9,11-12,19H,7,10,13H2,1H3. The van der Waals surface area contributed by atoms with E-state index in [0.29, 0.717) is 0 Å². The molecule has 0 saturated heterocycles. The van der Waals surface area contributed by atoms with E-state index in [2.05, 4.69) is 42.3 Å². The maximum Gasteiger partial charge on any atom is 0.137 e. The molecule has 1 aliphatic heterocycles. The highest BCUT2D eigenvalue weighted by atomic mass is 16.3. The van der Waals surface area contributed by atoms with Gasteiger partial charge in [-0.1, -0.05) is 30.3 Å². The monoisotopic (exact) mass is 317 g/mol. The van der Waals surface area contributed by atoms with Gasteiger partial charge in [0.15, 0.2) is 0 Å². The van der Waals surface area contributed by atoms with Crippen molar-refractivity contribution in [1.29, 1.82) is 0 Å². The molecule has 1 atom stereocenters. The average Bonchev–Trinajstić information content (AvgIpc) is 3.23. The first-order chi connectivity index (χ1) is 11.8. The van der Waals surface area contributed by atoms with E-state index < -0.39 is 0 Å². The Hall–Kier alpha value is -2.52. The van der Waals surface area contributed by atoms with E-state index >= 15 is 0 Å². The fourth-order valence-electron chi connectivity index (χ4n) is 4.05. The van der Waals surface area contributed by atoms with Crippen molar-refractivity contribution in [1.82, 2.24) is 4.90 Å². The number of likely N-dealkylation sites (N-methyl/N-ethyl adjacent to an activating group) is 1. The maximum absolute atomic E-state index is 5.82. The number of benzene rings is 2. The lowest BCUT2D eigenvalue weighted by Gasteiger charge is -2.22. The molecule has 24 heavy (non-hydrogen) atoms. The summed E-state index contributed by atoms with van der Waals surface area (Å²) in [5, 5.41) is 2.35. The van der Waals surface area contributed by atoms with E-state index in [9.17, 15) is 0 Å². The third kappa shape index (κ3) is 2.01. The summed E-state index contributed by atoms with van der Waals surface area (Å²) in [6.45, 7) is 2.02. The summed E-state index contributed by atoms with van der Waals surface area (Å²) >= 11 is 0. The van der Waals surface area contributed by atoms with Crippen molar-refractivity contribution >= 4 is 21.9 Å². The molecule has 0 saturated carbocycles. The number of hydrogen-bond acceptors (Lipinski definition) is 3. The van der Waals surface area contributed by atoms with Crippen LogP contribution in [0.1, 0.15) is 22.6 Å². The van der Waals surface area contributed by atoms with Crippen LogP contribution in [0.4, 0.5) is 0 Å². The lowest BCUT2D eigenvalue weighted by molar-refractivity contribution is 0.338. The molecule has 5 rings (SSSR count). The van der Waals surface area contributed by atoms with E-state index in [4.69, 9.17) is 8.83 Å². The molecule has 0 amide bonds. The zero-order valence-corrected chi connectivity index (χ0v) is 13.7. The molecule has 2 aromatic carbocycles. The predicted octanol–water partition coefficient (Wildman–Crippen LogP) is 4.80. The summed E-state index contributed by atoms with van der Waals surface area (Å²) in [5.41, 5.74) is 6.02. The third-order valence-electron chi connectivity index (χ3n) is 5.26. The van der Waals surface area contributed by atoms with Crippen LogP contribution in [-0.4, -0.2) is 25.0 Å². The zero-order valence-electron chi connectivity index (χ0n) is 13.7. The van der Waals surface area contributed by atoms with Gasteiger partial charge in [-0.25, -0.2) is 0 Å². The first-order valence-electron chi connectivity index (χ1n) is 8.45. The largest absolute Gasteiger partial charge is 0.464 e. The molecule has 1 aliphatic rings. The first kappa shape index (κ1) is 13.9. The topological polar surface area (TPSA) is 29.5 Å². The van der Waals surface area contributed by atoms with E-state index in [-0.39, 0.29) is 5.92 Å². The van der Waals surface area contributed by atoms with Gasteiger partial charge < -0.3 is 13.7 Å². The highest BCUT2D eigenvalue weighted by Gasteiger charge is 2.27. The first-order valence-corrected chi connectivity index (χ1v) is 8.45. The second-order valence-electron chi connectivity index (χ2n) is 6.72. The number of furan rings is 2. The van der Waals surface area contributed by atoms with Crippen LogP contribution < -0.4 is 0 Å². The number of hydrogen-bond donors (Lipinski definition) is 0. The number of rotatable bonds is 1. The number of nitrogens with zero attached hydrogens (tertiary/aromatic N) is 1. The van der Waals surface area contributed by atoms with Gasteiger partial charge in [0.05, 0.1) is 12.5 Å². The molecule has 1 unspecified atom stereocenters. The van der Waals surface area contributed by atoms with Crippen molar-refractivity contribution in [2.75, 3.05) is 20.1 Å². The lowest BCUT2D eigenvalue weighted by Crippen LogP contribution is -2.24. The van der Waals surface area contributed by atoms with Gasteiger partial charge in [0.1, 0.15) is 11.2 Å². The average molecular weight is 317 g/mol. The minimum atomic E-state index is 0.289. The van der Waals surface area contributed by atoms with Crippen molar-refractivity contribution in [3.05, 3.63) is 71.7 Å². The van der Waals surface area contributed by atoms with Crippen molar-refractivity contribution in [3.63, 3.8) is 0 Å². The molecular weight excluding hydrogens is 298 g/mol. The quantitative estimate of drug-likeness (QED) is 0.505. The number of para-hydroxylation sites is 1. The van der Waals surface area contributed by atoms with E-state index in [0.717, 1.165) is 30.7 Å². The smallest absolute Gasteiger partial charge is 0.137 e. The molecule has 3 heteroatoms. The van der Waals surface area contributed by atoms with Gasteiger partial charge >= 0.3 is 0 Å². The number of fused-ring (bicyclic) bond motifs is 4. The summed E-state index contributed by atoms with van der Waals surface area (Å²) in [6.07, 6.45) is 4.59. The van der Waals surface area contributed by atoms with E-state index in [1.807, 2.05) is 12.1 Å². The van der Waals surface area contributed by atoms with E-state index in [1.54, 1.807) is 12.5 Å². The van der Waals surface area contributed by atoms with Gasteiger partial charge in [-0.05, 0) is 31.2 Å². The second kappa shape index (κ2) is 5.25. The normalized spacial score (nSPS) is 18.8. The van der Waals surface area contributed by atoms with Crippen LogP contribution in [0, 0.1) is 0 Å². The van der Waals surface area contributed by atoms with Gasteiger partial charge in [-0.3, -0.25) is 0 Å². The Bertz CT molecular complexity index is 1030. The van der Waals surface area contributed by atoms with Crippen LogP contribution in [0.2, 0.25) is 0 Å². The van der Waals surface area contributed by atoms with Gasteiger partial charge in [0, 0.05) is 40.9 Å². The van der Waals surface area contributed by atoms with Gasteiger partial charge in [-0.2, -0.15) is 0 Å². The molecule has 0 radical (unpaired) electrons. The second-order valence-corrected chi connectivity index (χ2v) is 6.72. The summed E-state index contributed by atoms with van der Waals surface area (Å²) in [4.78, 5) is 2.40. The Kier molecular flexibility index (Phi) is 3.03. The van der Waals surface area contributed by atoms with Crippen molar-refractivity contribution in [2.45, 2.75) is 12.3 Å². The minimum Gasteiger partial charge on any atom is -0.464 e. The third-order valence-corrected chi connectivity index (χ3v) is 5.26. The van der Waals surface area contributed by atoms with Crippen LogP contribution in [0.3, 0.4) is 0 Å². The molecule has 3 nitrogen and oxygen atoms in total. The fourth-order valence-corrected chi connectivity index (χ4v) is 4.05. The summed E-state index contributed by atoms with van der Waals surface area (Å²) < 4.78 is 11.6. The van der Waals surface area contributed by atoms with Crippen molar-refractivity contribution in [2.24, 2.45) is 0 Å². The predicted molar refractivity (Wildman–Crippen MR) is 95.5 cm³/mol. The Balaban J connectivity index is 1.77. The van der Waals surface area contributed by atoms with Gasteiger partial charge in [0.2, 0.25) is 0 Å². The summed E-state index contributed by atoms with van der Waals surface area (Å²) in [6, 6.07) is 15.0. The molecular formula is C21H19NO2. The Labute approximate surface area is 140 Å². The molecule has 3 heterocycles. The SMILES string of the molecule is CN1CCc2c(ccc3ccoc23)C(c2cccc3ccoc23)C1. The molecule has 2 aromatic heterocycles. The molecule has 0 spiro atoms. The Morgan fingerprint density at radius 1 is 0.875 bits per heavy atom. The molecule has 0 aliphatic carbocycles. The zero-order chi connectivity index (χ0) is 16.1. The van der Waals surface area contributed by atoms with Crippen molar-refractivity contribution in [3.8, 4) is 0 Å². The molecule has 0 bridgehead atoms. The fraction of sp³-hybridized carbons (Fsp3) is 0.238. The van der Waals surface area contributed by atoms with Crippen LogP contribution in [0.25, 0.3) is 21.9 Å². The molecule has 0 N–H and O–H groups in total. The van der Waals surface area contributed by atoms with Crippen LogP contribution >= 0.6 is 0 Å². The summed E-state index contributed by atoms with van der Waals surface area (Å²) in [7, 11) is 2.19. The Morgan fingerprint density at radius 2 is 1.67 bits per heavy atom. The molecule has 0 fully saturated rings. The lowest BCUT2D eigenvalue weighted by atomic mass is 9.86.